The van der Waals surface area contributed by atoms with Crippen LogP contribution in [-0.4, -0.2) is 43.7 Å². The Balaban J connectivity index is 1.74. The lowest BCUT2D eigenvalue weighted by molar-refractivity contribution is 0.484. The fraction of sp³-hybridized carbons (Fsp3) is 0.174. The molecule has 8 heteroatoms. The van der Waals surface area contributed by atoms with Gasteiger partial charge < -0.3 is 4.90 Å². The molecular formula is C23H23N3O3S2. The summed E-state index contributed by atoms with van der Waals surface area (Å²) in [5.74, 6) is -0.288. The first-order valence-corrected chi connectivity index (χ1v) is 12.5. The quantitative estimate of drug-likeness (QED) is 0.288. The second-order valence-electron chi connectivity index (χ2n) is 7.12. The zero-order chi connectivity index (χ0) is 22.4. The Labute approximate surface area is 185 Å². The van der Waals surface area contributed by atoms with Crippen molar-refractivity contribution in [1.82, 2.24) is 0 Å². The van der Waals surface area contributed by atoms with Gasteiger partial charge in [0, 0.05) is 25.3 Å². The largest absolute Gasteiger partial charge is 0.378 e. The van der Waals surface area contributed by atoms with E-state index in [0.29, 0.717) is 5.57 Å². The second kappa shape index (κ2) is 9.88. The van der Waals surface area contributed by atoms with Gasteiger partial charge in [-0.25, -0.2) is 4.99 Å². The third-order valence-corrected chi connectivity index (χ3v) is 6.80. The summed E-state index contributed by atoms with van der Waals surface area (Å²) in [6.07, 6.45) is 2.13. The van der Waals surface area contributed by atoms with Gasteiger partial charge in [-0.05, 0) is 41.2 Å². The van der Waals surface area contributed by atoms with E-state index in [2.05, 4.69) is 11.1 Å². The summed E-state index contributed by atoms with van der Waals surface area (Å²) in [5, 5.41) is 13.4. The van der Waals surface area contributed by atoms with Gasteiger partial charge >= 0.3 is 0 Å². The summed E-state index contributed by atoms with van der Waals surface area (Å²) in [4.78, 5) is 6.43. The maximum absolute atomic E-state index is 10.8. The molecule has 6 nitrogen and oxygen atoms in total. The highest BCUT2D eigenvalue weighted by atomic mass is 32.2. The SMILES string of the molecule is CN(C)c1ccc(C=C(C#N)c2ccc(C3=C/S(=C/CCS(=O)(=O)O)C=N3)cc2)cc1. The summed E-state index contributed by atoms with van der Waals surface area (Å²) in [5.41, 5.74) is 6.95. The number of aliphatic imine (C=N–C) groups is 1. The molecule has 0 spiro atoms. The van der Waals surface area contributed by atoms with Crippen molar-refractivity contribution in [2.24, 2.45) is 4.99 Å². The minimum absolute atomic E-state index is 0.266. The molecule has 0 amide bonds. The average Bonchev–Trinajstić information content (AvgIpc) is 3.20. The Bertz CT molecular complexity index is 1220. The number of allylic oxidation sites excluding steroid dienone is 1. The molecule has 0 fully saturated rings. The van der Waals surface area contributed by atoms with Crippen LogP contribution in [0.4, 0.5) is 5.69 Å². The van der Waals surface area contributed by atoms with Crippen molar-refractivity contribution in [2.45, 2.75) is 6.42 Å². The molecule has 1 heterocycles. The van der Waals surface area contributed by atoms with Crippen LogP contribution in [0.1, 0.15) is 23.1 Å². The standard InChI is InChI=1S/C23H23N3O3S2/c1-26(2)22-10-4-18(5-11-22)14-21(15-24)19-6-8-20(9-7-19)23-16-30(17-25-23)12-3-13-31(27,28)29/h4-12,14,16-17H,3,13H2,1-2H3,(H,27,28,29). The number of nitrogens with zero attached hydrogens (tertiary/aromatic N) is 3. The molecule has 2 aromatic rings. The van der Waals surface area contributed by atoms with Crippen LogP contribution < -0.4 is 4.90 Å². The molecule has 2 aromatic carbocycles. The molecular weight excluding hydrogens is 430 g/mol. The van der Waals surface area contributed by atoms with Gasteiger partial charge in [-0.15, -0.1) is 10.5 Å². The van der Waals surface area contributed by atoms with E-state index >= 15 is 0 Å². The Hall–Kier alpha value is -2.99. The van der Waals surface area contributed by atoms with Crippen molar-refractivity contribution in [1.29, 1.82) is 5.26 Å². The van der Waals surface area contributed by atoms with Gasteiger partial charge in [-0.2, -0.15) is 13.7 Å². The summed E-state index contributed by atoms with van der Waals surface area (Å²) >= 11 is 0. The van der Waals surface area contributed by atoms with Crippen molar-refractivity contribution in [2.75, 3.05) is 24.7 Å². The van der Waals surface area contributed by atoms with Gasteiger partial charge in [0.15, 0.2) is 0 Å². The summed E-state index contributed by atoms with van der Waals surface area (Å²) < 4.78 is 30.5. The van der Waals surface area contributed by atoms with E-state index in [4.69, 9.17) is 4.55 Å². The molecule has 1 unspecified atom stereocenters. The predicted octanol–water partition coefficient (Wildman–Crippen LogP) is 4.51. The fourth-order valence-electron chi connectivity index (χ4n) is 2.91. The number of hydrogen-bond donors (Lipinski definition) is 1. The topological polar surface area (TPSA) is 93.8 Å². The van der Waals surface area contributed by atoms with Crippen LogP contribution in [0, 0.1) is 11.3 Å². The van der Waals surface area contributed by atoms with Gasteiger partial charge in [-0.1, -0.05) is 41.8 Å². The average molecular weight is 454 g/mol. The van der Waals surface area contributed by atoms with E-state index in [-0.39, 0.29) is 22.7 Å². The number of benzene rings is 2. The van der Waals surface area contributed by atoms with Gasteiger partial charge in [0.25, 0.3) is 10.1 Å². The van der Waals surface area contributed by atoms with E-state index < -0.39 is 10.1 Å². The van der Waals surface area contributed by atoms with Crippen LogP contribution in [0.5, 0.6) is 0 Å². The van der Waals surface area contributed by atoms with E-state index in [1.54, 1.807) is 5.55 Å². The molecule has 1 aliphatic heterocycles. The van der Waals surface area contributed by atoms with Crippen molar-refractivity contribution in [3.8, 4) is 6.07 Å². The third-order valence-electron chi connectivity index (χ3n) is 4.58. The van der Waals surface area contributed by atoms with E-state index in [1.807, 2.05) is 84.4 Å². The molecule has 0 saturated carbocycles. The molecule has 1 N–H and O–H groups in total. The van der Waals surface area contributed by atoms with Crippen molar-refractivity contribution >= 4 is 54.5 Å². The molecule has 1 atom stereocenters. The highest BCUT2D eigenvalue weighted by molar-refractivity contribution is 8.29. The summed E-state index contributed by atoms with van der Waals surface area (Å²) in [7, 11) is -0.347. The smallest absolute Gasteiger partial charge is 0.265 e. The molecule has 0 aromatic heterocycles. The van der Waals surface area contributed by atoms with E-state index in [0.717, 1.165) is 28.1 Å². The number of rotatable bonds is 7. The van der Waals surface area contributed by atoms with Crippen molar-refractivity contribution in [3.05, 3.63) is 70.6 Å². The van der Waals surface area contributed by atoms with Crippen LogP contribution in [0.3, 0.4) is 0 Å². The Morgan fingerprint density at radius 2 is 1.84 bits per heavy atom. The zero-order valence-corrected chi connectivity index (χ0v) is 18.9. The first-order chi connectivity index (χ1) is 14.7. The van der Waals surface area contributed by atoms with Crippen LogP contribution in [-0.2, 0) is 10.1 Å². The Morgan fingerprint density at radius 1 is 1.16 bits per heavy atom. The summed E-state index contributed by atoms with van der Waals surface area (Å²) in [6, 6.07) is 17.9. The van der Waals surface area contributed by atoms with Crippen LogP contribution >= 0.6 is 10.5 Å². The van der Waals surface area contributed by atoms with Gasteiger partial charge in [0.2, 0.25) is 0 Å². The Morgan fingerprint density at radius 3 is 2.42 bits per heavy atom. The first kappa shape index (κ1) is 22.7. The van der Waals surface area contributed by atoms with Gasteiger partial charge in [-0.3, -0.25) is 4.55 Å². The van der Waals surface area contributed by atoms with E-state index in [1.165, 1.54) is 0 Å². The van der Waals surface area contributed by atoms with Gasteiger partial charge in [0.05, 0.1) is 28.6 Å². The van der Waals surface area contributed by atoms with Gasteiger partial charge in [0.1, 0.15) is 0 Å². The lowest BCUT2D eigenvalue weighted by Crippen LogP contribution is -2.07. The molecule has 0 aliphatic carbocycles. The number of nitriles is 1. The molecule has 31 heavy (non-hydrogen) atoms. The highest BCUT2D eigenvalue weighted by Crippen LogP contribution is 2.30. The molecule has 0 bridgehead atoms. The normalized spacial score (nSPS) is 16.3. The third kappa shape index (κ3) is 6.49. The molecule has 0 radical (unpaired) electrons. The minimum atomic E-state index is -3.95. The minimum Gasteiger partial charge on any atom is -0.378 e. The van der Waals surface area contributed by atoms with Crippen molar-refractivity contribution < 1.29 is 13.0 Å². The monoisotopic (exact) mass is 453 g/mol. The van der Waals surface area contributed by atoms with Crippen LogP contribution in [0.25, 0.3) is 17.3 Å². The first-order valence-electron chi connectivity index (χ1n) is 9.50. The zero-order valence-electron chi connectivity index (χ0n) is 17.3. The number of anilines is 1. The van der Waals surface area contributed by atoms with E-state index in [9.17, 15) is 13.7 Å². The maximum atomic E-state index is 10.8. The molecule has 1 aliphatic rings. The van der Waals surface area contributed by atoms with Crippen LogP contribution in [0.2, 0.25) is 0 Å². The summed E-state index contributed by atoms with van der Waals surface area (Å²) in [6.45, 7) is 0. The highest BCUT2D eigenvalue weighted by Gasteiger charge is 2.09. The maximum Gasteiger partial charge on any atom is 0.265 e. The van der Waals surface area contributed by atoms with Crippen molar-refractivity contribution in [3.63, 3.8) is 0 Å². The second-order valence-corrected chi connectivity index (χ2v) is 10.3. The molecule has 3 rings (SSSR count). The Kier molecular flexibility index (Phi) is 7.23. The number of hydrogen-bond acceptors (Lipinski definition) is 5. The molecule has 160 valence electrons. The predicted molar refractivity (Wildman–Crippen MR) is 132 cm³/mol. The van der Waals surface area contributed by atoms with Crippen LogP contribution in [0.15, 0.2) is 58.9 Å². The fourth-order valence-corrected chi connectivity index (χ4v) is 4.80. The lowest BCUT2D eigenvalue weighted by Gasteiger charge is -2.12. The molecule has 0 saturated heterocycles. The lowest BCUT2D eigenvalue weighted by atomic mass is 10.0.